The van der Waals surface area contributed by atoms with Gasteiger partial charge in [-0.05, 0) is 62.1 Å². The molecule has 0 spiro atoms. The Morgan fingerprint density at radius 2 is 1.72 bits per heavy atom. The topological polar surface area (TPSA) is 66.5 Å². The zero-order valence-corrected chi connectivity index (χ0v) is 19.6. The number of carbonyl (C=O) groups is 3. The second kappa shape index (κ2) is 10.2. The van der Waals surface area contributed by atoms with Gasteiger partial charge in [0.15, 0.2) is 5.78 Å². The fraction of sp³-hybridized carbons (Fsp3) is 0.667. The third-order valence-corrected chi connectivity index (χ3v) is 7.56. The van der Waals surface area contributed by atoms with E-state index < -0.39 is 6.04 Å². The number of hydrogen-bond donors (Lipinski definition) is 1. The molecule has 1 aliphatic heterocycles. The van der Waals surface area contributed by atoms with Gasteiger partial charge in [-0.1, -0.05) is 45.2 Å². The molecule has 1 saturated heterocycles. The Hall–Kier alpha value is -2.17. The molecule has 2 amide bonds. The third kappa shape index (κ3) is 5.41. The molecule has 1 aromatic rings. The predicted molar refractivity (Wildman–Crippen MR) is 125 cm³/mol. The molecular formula is C27H38N2O3. The Kier molecular flexibility index (Phi) is 7.32. The highest BCUT2D eigenvalue weighted by molar-refractivity contribution is 5.98. The van der Waals surface area contributed by atoms with E-state index in [1.807, 2.05) is 36.9 Å². The number of hydrogen-bond acceptors (Lipinski definition) is 3. The van der Waals surface area contributed by atoms with Crippen LogP contribution in [0, 0.1) is 17.8 Å². The van der Waals surface area contributed by atoms with Crippen molar-refractivity contribution in [3.8, 4) is 0 Å². The van der Waals surface area contributed by atoms with E-state index in [9.17, 15) is 14.4 Å². The van der Waals surface area contributed by atoms with Crippen molar-refractivity contribution in [3.63, 3.8) is 0 Å². The highest BCUT2D eigenvalue weighted by Crippen LogP contribution is 2.34. The van der Waals surface area contributed by atoms with Gasteiger partial charge in [0.25, 0.3) is 5.91 Å². The Labute approximate surface area is 192 Å². The lowest BCUT2D eigenvalue weighted by Gasteiger charge is -2.33. The molecule has 0 aromatic heterocycles. The fourth-order valence-corrected chi connectivity index (χ4v) is 5.44. The van der Waals surface area contributed by atoms with Gasteiger partial charge < -0.3 is 10.2 Å². The Balaban J connectivity index is 1.45. The lowest BCUT2D eigenvalue weighted by molar-refractivity contribution is -0.133. The van der Waals surface area contributed by atoms with Crippen LogP contribution in [0.2, 0.25) is 0 Å². The molecule has 5 nitrogen and oxygen atoms in total. The largest absolute Gasteiger partial charge is 0.342 e. The average molecular weight is 439 g/mol. The van der Waals surface area contributed by atoms with E-state index in [-0.39, 0.29) is 35.4 Å². The van der Waals surface area contributed by atoms with Crippen LogP contribution in [0.4, 0.5) is 0 Å². The van der Waals surface area contributed by atoms with Crippen molar-refractivity contribution in [1.29, 1.82) is 0 Å². The normalized spacial score (nSPS) is 23.1. The molecule has 3 aliphatic rings. The van der Waals surface area contributed by atoms with Crippen molar-refractivity contribution >= 4 is 17.6 Å². The van der Waals surface area contributed by atoms with Gasteiger partial charge in [-0.3, -0.25) is 14.4 Å². The molecule has 5 heteroatoms. The summed E-state index contributed by atoms with van der Waals surface area (Å²) >= 11 is 0. The summed E-state index contributed by atoms with van der Waals surface area (Å²) in [6.07, 6.45) is 9.62. The standard InChI is InChI=1S/C27H38N2O3/c1-18(2)25(30)24(19-8-4-3-5-9-19)28-26(31)22-11-6-10-21(16-22)23-12-7-15-29(17-23)27(32)20-13-14-20/h6,10-11,16,18-20,23-24H,3-5,7-9,12-15,17H2,1-2H3,(H,28,31)/t23-,24-/m1/s1. The van der Waals surface area contributed by atoms with E-state index in [2.05, 4.69) is 11.4 Å². The van der Waals surface area contributed by atoms with Crippen LogP contribution in [0.25, 0.3) is 0 Å². The molecule has 1 heterocycles. The number of amides is 2. The smallest absolute Gasteiger partial charge is 0.251 e. The maximum absolute atomic E-state index is 13.2. The zero-order chi connectivity index (χ0) is 22.7. The maximum atomic E-state index is 13.2. The van der Waals surface area contributed by atoms with Gasteiger partial charge in [-0.25, -0.2) is 0 Å². The summed E-state index contributed by atoms with van der Waals surface area (Å²) in [6, 6.07) is 7.43. The number of Topliss-reactive ketones (excluding diaryl/α,β-unsaturated/α-hetero) is 1. The summed E-state index contributed by atoms with van der Waals surface area (Å²) in [6.45, 7) is 5.44. The summed E-state index contributed by atoms with van der Waals surface area (Å²) in [7, 11) is 0. The predicted octanol–water partition coefficient (Wildman–Crippen LogP) is 4.71. The van der Waals surface area contributed by atoms with Gasteiger partial charge in [0.05, 0.1) is 6.04 Å². The van der Waals surface area contributed by atoms with Crippen LogP contribution in [-0.2, 0) is 9.59 Å². The number of nitrogens with one attached hydrogen (secondary N) is 1. The maximum Gasteiger partial charge on any atom is 0.251 e. The minimum absolute atomic E-state index is 0.0919. The first-order valence-corrected chi connectivity index (χ1v) is 12.7. The van der Waals surface area contributed by atoms with Gasteiger partial charge in [0.1, 0.15) is 0 Å². The van der Waals surface area contributed by atoms with Gasteiger partial charge in [-0.2, -0.15) is 0 Å². The fourth-order valence-electron chi connectivity index (χ4n) is 5.44. The second-order valence-corrected chi connectivity index (χ2v) is 10.4. The highest BCUT2D eigenvalue weighted by Gasteiger charge is 2.36. The van der Waals surface area contributed by atoms with Crippen LogP contribution in [0.3, 0.4) is 0 Å². The Morgan fingerprint density at radius 3 is 2.41 bits per heavy atom. The zero-order valence-electron chi connectivity index (χ0n) is 19.6. The van der Waals surface area contributed by atoms with Gasteiger partial charge in [0.2, 0.25) is 5.91 Å². The average Bonchev–Trinajstić information content (AvgIpc) is 3.68. The first kappa shape index (κ1) is 23.0. The van der Waals surface area contributed by atoms with E-state index >= 15 is 0 Å². The van der Waals surface area contributed by atoms with Crippen molar-refractivity contribution in [2.45, 2.75) is 83.6 Å². The molecule has 4 rings (SSSR count). The number of benzene rings is 1. The molecule has 0 bridgehead atoms. The third-order valence-electron chi connectivity index (χ3n) is 7.56. The molecule has 2 aliphatic carbocycles. The van der Waals surface area contributed by atoms with Crippen LogP contribution in [0.15, 0.2) is 24.3 Å². The monoisotopic (exact) mass is 438 g/mol. The minimum Gasteiger partial charge on any atom is -0.342 e. The van der Waals surface area contributed by atoms with Crippen molar-refractivity contribution in [2.75, 3.05) is 13.1 Å². The number of ketones is 1. The summed E-state index contributed by atoms with van der Waals surface area (Å²) in [4.78, 5) is 40.7. The molecule has 0 radical (unpaired) electrons. The van der Waals surface area contributed by atoms with E-state index in [4.69, 9.17) is 0 Å². The molecule has 1 N–H and O–H groups in total. The van der Waals surface area contributed by atoms with Crippen LogP contribution in [0.1, 0.15) is 93.5 Å². The van der Waals surface area contributed by atoms with Gasteiger partial charge in [-0.15, -0.1) is 0 Å². The molecule has 1 aromatic carbocycles. The van der Waals surface area contributed by atoms with Crippen molar-refractivity contribution in [3.05, 3.63) is 35.4 Å². The number of piperidine rings is 1. The number of carbonyl (C=O) groups excluding carboxylic acids is 3. The molecule has 174 valence electrons. The summed E-state index contributed by atoms with van der Waals surface area (Å²) < 4.78 is 0. The second-order valence-electron chi connectivity index (χ2n) is 10.4. The lowest BCUT2D eigenvalue weighted by Crippen LogP contribution is -2.48. The first-order valence-electron chi connectivity index (χ1n) is 12.7. The van der Waals surface area contributed by atoms with Crippen LogP contribution < -0.4 is 5.32 Å². The van der Waals surface area contributed by atoms with E-state index in [0.29, 0.717) is 11.5 Å². The van der Waals surface area contributed by atoms with E-state index in [1.54, 1.807) is 0 Å². The molecule has 32 heavy (non-hydrogen) atoms. The van der Waals surface area contributed by atoms with E-state index in [1.165, 1.54) is 6.42 Å². The van der Waals surface area contributed by atoms with Crippen LogP contribution in [-0.4, -0.2) is 41.6 Å². The quantitative estimate of drug-likeness (QED) is 0.671. The SMILES string of the molecule is CC(C)C(=O)[C@H](NC(=O)c1cccc([C@@H]2CCCN(C(=O)C3CC3)C2)c1)C1CCCCC1. The van der Waals surface area contributed by atoms with E-state index in [0.717, 1.165) is 70.0 Å². The number of likely N-dealkylation sites (tertiary alicyclic amines) is 1. The molecule has 2 atom stereocenters. The number of rotatable bonds is 7. The molecular weight excluding hydrogens is 400 g/mol. The minimum atomic E-state index is -0.396. The molecule has 3 fully saturated rings. The van der Waals surface area contributed by atoms with Crippen LogP contribution in [0.5, 0.6) is 0 Å². The number of nitrogens with zero attached hydrogens (tertiary/aromatic N) is 1. The highest BCUT2D eigenvalue weighted by atomic mass is 16.2. The molecule has 0 unspecified atom stereocenters. The summed E-state index contributed by atoms with van der Waals surface area (Å²) in [5, 5.41) is 3.11. The first-order chi connectivity index (χ1) is 15.4. The van der Waals surface area contributed by atoms with Crippen molar-refractivity contribution in [2.24, 2.45) is 17.8 Å². The van der Waals surface area contributed by atoms with Gasteiger partial charge >= 0.3 is 0 Å². The van der Waals surface area contributed by atoms with Gasteiger partial charge in [0, 0.05) is 36.4 Å². The lowest BCUT2D eigenvalue weighted by atomic mass is 9.80. The van der Waals surface area contributed by atoms with Crippen molar-refractivity contribution in [1.82, 2.24) is 10.2 Å². The van der Waals surface area contributed by atoms with Crippen molar-refractivity contribution < 1.29 is 14.4 Å². The molecule has 2 saturated carbocycles. The summed E-state index contributed by atoms with van der Waals surface area (Å²) in [5.41, 5.74) is 1.74. The Morgan fingerprint density at radius 1 is 0.969 bits per heavy atom. The van der Waals surface area contributed by atoms with Crippen LogP contribution >= 0.6 is 0 Å². The summed E-state index contributed by atoms with van der Waals surface area (Å²) in [5.74, 6) is 0.968. The Bertz CT molecular complexity index is 839.